The zero-order valence-corrected chi connectivity index (χ0v) is 9.47. The zero-order chi connectivity index (χ0) is 12.3. The molecule has 2 unspecified atom stereocenters. The Kier molecular flexibility index (Phi) is 3.65. The molecule has 0 aliphatic heterocycles. The van der Waals surface area contributed by atoms with Gasteiger partial charge in [0.05, 0.1) is 18.4 Å². The van der Waals surface area contributed by atoms with Gasteiger partial charge < -0.3 is 15.0 Å². The predicted molar refractivity (Wildman–Crippen MR) is 56.9 cm³/mol. The molecule has 0 aromatic carbocycles. The number of imidazole rings is 1. The first-order valence-corrected chi connectivity index (χ1v) is 4.93. The van der Waals surface area contributed by atoms with Crippen LogP contribution in [-0.4, -0.2) is 32.6 Å². The second-order valence-electron chi connectivity index (χ2n) is 3.78. The van der Waals surface area contributed by atoms with Crippen molar-refractivity contribution in [3.05, 3.63) is 18.2 Å². The van der Waals surface area contributed by atoms with E-state index in [4.69, 9.17) is 5.11 Å². The lowest BCUT2D eigenvalue weighted by molar-refractivity contribution is -0.141. The van der Waals surface area contributed by atoms with Crippen molar-refractivity contribution in [3.63, 3.8) is 0 Å². The van der Waals surface area contributed by atoms with Crippen LogP contribution in [0.25, 0.3) is 0 Å². The first kappa shape index (κ1) is 12.2. The van der Waals surface area contributed by atoms with Gasteiger partial charge >= 0.3 is 5.97 Å². The van der Waals surface area contributed by atoms with Crippen LogP contribution in [-0.2, 0) is 11.8 Å². The molecule has 0 radical (unpaired) electrons. The van der Waals surface area contributed by atoms with Crippen LogP contribution in [0.5, 0.6) is 0 Å². The van der Waals surface area contributed by atoms with E-state index in [1.807, 2.05) is 0 Å². The highest BCUT2D eigenvalue weighted by molar-refractivity contribution is 5.92. The van der Waals surface area contributed by atoms with Gasteiger partial charge in [0.2, 0.25) is 0 Å². The number of rotatable bonds is 4. The first-order chi connectivity index (χ1) is 7.43. The summed E-state index contributed by atoms with van der Waals surface area (Å²) in [5.74, 6) is -1.88. The Bertz CT molecular complexity index is 400. The summed E-state index contributed by atoms with van der Waals surface area (Å²) in [5, 5.41) is 11.4. The molecule has 1 aromatic rings. The van der Waals surface area contributed by atoms with Crippen LogP contribution in [0, 0.1) is 5.92 Å². The monoisotopic (exact) mass is 225 g/mol. The first-order valence-electron chi connectivity index (χ1n) is 4.93. The fraction of sp³-hybridized carbons (Fsp3) is 0.500. The van der Waals surface area contributed by atoms with E-state index >= 15 is 0 Å². The Morgan fingerprint density at radius 1 is 1.50 bits per heavy atom. The molecule has 6 heteroatoms. The third kappa shape index (κ3) is 2.59. The summed E-state index contributed by atoms with van der Waals surface area (Å²) in [5.41, 5.74) is 0.407. The van der Waals surface area contributed by atoms with Crippen LogP contribution in [0.1, 0.15) is 24.3 Å². The van der Waals surface area contributed by atoms with E-state index < -0.39 is 17.9 Å². The summed E-state index contributed by atoms with van der Waals surface area (Å²) in [4.78, 5) is 26.2. The summed E-state index contributed by atoms with van der Waals surface area (Å²) in [6.45, 7) is 3.21. The van der Waals surface area contributed by atoms with Crippen molar-refractivity contribution in [2.45, 2.75) is 19.9 Å². The van der Waals surface area contributed by atoms with Crippen molar-refractivity contribution in [2.24, 2.45) is 13.0 Å². The van der Waals surface area contributed by atoms with E-state index in [0.29, 0.717) is 5.69 Å². The van der Waals surface area contributed by atoms with Crippen molar-refractivity contribution in [2.75, 3.05) is 0 Å². The van der Waals surface area contributed by atoms with Crippen molar-refractivity contribution in [3.8, 4) is 0 Å². The van der Waals surface area contributed by atoms with Crippen LogP contribution in [0.3, 0.4) is 0 Å². The highest BCUT2D eigenvalue weighted by Gasteiger charge is 2.22. The lowest BCUT2D eigenvalue weighted by Crippen LogP contribution is -2.40. The van der Waals surface area contributed by atoms with Crippen molar-refractivity contribution in [1.29, 1.82) is 0 Å². The molecule has 1 amide bonds. The SMILES string of the molecule is CC(NC(=O)c1cncn1C)C(C)C(=O)O. The molecule has 88 valence electrons. The number of nitrogens with zero attached hydrogens (tertiary/aromatic N) is 2. The molecule has 0 spiro atoms. The van der Waals surface area contributed by atoms with Crippen LogP contribution in [0.4, 0.5) is 0 Å². The van der Waals surface area contributed by atoms with Gasteiger partial charge in [0.1, 0.15) is 5.69 Å². The molecule has 1 rings (SSSR count). The van der Waals surface area contributed by atoms with Crippen molar-refractivity contribution < 1.29 is 14.7 Å². The minimum Gasteiger partial charge on any atom is -0.481 e. The maximum Gasteiger partial charge on any atom is 0.308 e. The summed E-state index contributed by atoms with van der Waals surface area (Å²) in [7, 11) is 1.70. The quantitative estimate of drug-likeness (QED) is 0.769. The lowest BCUT2D eigenvalue weighted by atomic mass is 10.0. The van der Waals surface area contributed by atoms with Crippen LogP contribution < -0.4 is 5.32 Å². The molecular weight excluding hydrogens is 210 g/mol. The highest BCUT2D eigenvalue weighted by atomic mass is 16.4. The van der Waals surface area contributed by atoms with E-state index in [9.17, 15) is 9.59 Å². The molecular formula is C10H15N3O3. The topological polar surface area (TPSA) is 84.2 Å². The number of aliphatic carboxylic acids is 1. The molecule has 0 aliphatic rings. The van der Waals surface area contributed by atoms with Gasteiger partial charge in [0.15, 0.2) is 0 Å². The second-order valence-corrected chi connectivity index (χ2v) is 3.78. The van der Waals surface area contributed by atoms with Gasteiger partial charge in [-0.1, -0.05) is 0 Å². The molecule has 0 saturated heterocycles. The normalized spacial score (nSPS) is 14.2. The van der Waals surface area contributed by atoms with Crippen molar-refractivity contribution in [1.82, 2.24) is 14.9 Å². The number of carboxylic acid groups (broad SMARTS) is 1. The summed E-state index contributed by atoms with van der Waals surface area (Å²) < 4.78 is 1.58. The molecule has 0 fully saturated rings. The molecule has 1 heterocycles. The maximum absolute atomic E-state index is 11.7. The number of aryl methyl sites for hydroxylation is 1. The molecule has 16 heavy (non-hydrogen) atoms. The Morgan fingerprint density at radius 2 is 2.12 bits per heavy atom. The number of hydrogen-bond acceptors (Lipinski definition) is 3. The highest BCUT2D eigenvalue weighted by Crippen LogP contribution is 2.04. The Balaban J connectivity index is 2.65. The third-order valence-corrected chi connectivity index (χ3v) is 2.55. The average Bonchev–Trinajstić information content (AvgIpc) is 2.62. The minimum atomic E-state index is -0.933. The number of carbonyl (C=O) groups is 2. The molecule has 0 bridgehead atoms. The average molecular weight is 225 g/mol. The van der Waals surface area contributed by atoms with E-state index in [1.54, 1.807) is 25.5 Å². The number of aromatic nitrogens is 2. The largest absolute Gasteiger partial charge is 0.481 e. The van der Waals surface area contributed by atoms with Gasteiger partial charge in [0, 0.05) is 13.1 Å². The summed E-state index contributed by atoms with van der Waals surface area (Å²) in [6.07, 6.45) is 2.95. The van der Waals surface area contributed by atoms with Gasteiger partial charge in [-0.25, -0.2) is 4.98 Å². The Morgan fingerprint density at radius 3 is 2.56 bits per heavy atom. The molecule has 1 aromatic heterocycles. The molecule has 6 nitrogen and oxygen atoms in total. The number of hydrogen-bond donors (Lipinski definition) is 2. The fourth-order valence-corrected chi connectivity index (χ4v) is 1.20. The lowest BCUT2D eigenvalue weighted by Gasteiger charge is -2.17. The molecule has 0 aliphatic carbocycles. The van der Waals surface area contributed by atoms with E-state index in [0.717, 1.165) is 0 Å². The van der Waals surface area contributed by atoms with Gasteiger partial charge in [-0.15, -0.1) is 0 Å². The van der Waals surface area contributed by atoms with Gasteiger partial charge in [-0.3, -0.25) is 9.59 Å². The minimum absolute atomic E-state index is 0.319. The van der Waals surface area contributed by atoms with E-state index in [1.165, 1.54) is 12.5 Å². The predicted octanol–water partition coefficient (Wildman–Crippen LogP) is 0.259. The van der Waals surface area contributed by atoms with E-state index in [-0.39, 0.29) is 5.91 Å². The van der Waals surface area contributed by atoms with E-state index in [2.05, 4.69) is 10.3 Å². The number of amides is 1. The molecule has 0 saturated carbocycles. The van der Waals surface area contributed by atoms with Crippen LogP contribution in [0.15, 0.2) is 12.5 Å². The van der Waals surface area contributed by atoms with Crippen molar-refractivity contribution >= 4 is 11.9 Å². The van der Waals surface area contributed by atoms with Crippen LogP contribution >= 0.6 is 0 Å². The standard InChI is InChI=1S/C10H15N3O3/c1-6(10(15)16)7(2)12-9(14)8-4-11-5-13(8)3/h4-7H,1-3H3,(H,12,14)(H,15,16). The van der Waals surface area contributed by atoms with Gasteiger partial charge in [0.25, 0.3) is 5.91 Å². The summed E-state index contributed by atoms with van der Waals surface area (Å²) in [6, 6.07) is -0.431. The summed E-state index contributed by atoms with van der Waals surface area (Å²) >= 11 is 0. The number of nitrogens with one attached hydrogen (secondary N) is 1. The maximum atomic E-state index is 11.7. The van der Waals surface area contributed by atoms with Crippen LogP contribution in [0.2, 0.25) is 0 Å². The fourth-order valence-electron chi connectivity index (χ4n) is 1.20. The second kappa shape index (κ2) is 4.78. The van der Waals surface area contributed by atoms with Gasteiger partial charge in [-0.05, 0) is 13.8 Å². The third-order valence-electron chi connectivity index (χ3n) is 2.55. The molecule has 2 atom stereocenters. The molecule has 2 N–H and O–H groups in total. The Labute approximate surface area is 93.3 Å². The Hall–Kier alpha value is -1.85. The number of carbonyl (C=O) groups excluding carboxylic acids is 1. The number of carboxylic acids is 1. The smallest absolute Gasteiger partial charge is 0.308 e. The van der Waals surface area contributed by atoms with Gasteiger partial charge in [-0.2, -0.15) is 0 Å². The zero-order valence-electron chi connectivity index (χ0n) is 9.47.